The summed E-state index contributed by atoms with van der Waals surface area (Å²) >= 11 is 0. The van der Waals surface area contributed by atoms with Crippen LogP contribution in [0.25, 0.3) is 0 Å². The summed E-state index contributed by atoms with van der Waals surface area (Å²) in [4.78, 5) is 0. The van der Waals surface area contributed by atoms with E-state index in [1.807, 2.05) is 12.2 Å². The molecular weight excluding hydrogens is 182 g/mol. The number of allylic oxidation sites excluding steroid dienone is 2. The van der Waals surface area contributed by atoms with Crippen LogP contribution in [-0.4, -0.2) is 27.0 Å². The molecule has 0 bridgehead atoms. The van der Waals surface area contributed by atoms with E-state index in [1.165, 1.54) is 0 Å². The van der Waals surface area contributed by atoms with Crippen molar-refractivity contribution < 1.29 is 9.47 Å². The summed E-state index contributed by atoms with van der Waals surface area (Å²) in [5.74, 6) is 0.842. The van der Waals surface area contributed by atoms with E-state index < -0.39 is 0 Å². The molecule has 1 unspecified atom stereocenters. The van der Waals surface area contributed by atoms with Crippen LogP contribution < -0.4 is 5.32 Å². The first-order chi connectivity index (χ1) is 6.81. The lowest BCUT2D eigenvalue weighted by Gasteiger charge is -2.20. The van der Waals surface area contributed by atoms with Crippen LogP contribution in [0.15, 0.2) is 28.7 Å². The van der Waals surface area contributed by atoms with Gasteiger partial charge in [-0.05, 0) is 12.2 Å². The molecule has 0 saturated carbocycles. The fourth-order valence-electron chi connectivity index (χ4n) is 1.26. The highest BCUT2D eigenvalue weighted by molar-refractivity contribution is 5.25. The van der Waals surface area contributed by atoms with Gasteiger partial charge >= 0.3 is 0 Å². The van der Waals surface area contributed by atoms with Crippen molar-refractivity contribution >= 4 is 0 Å². The standard InChI is InChI=1S/C9H15N3O2/c1-13-6-11-8-4-3-7(14-2)5-9(8)12-10/h3-4,9-11H,5-6H2,1-2H3. The summed E-state index contributed by atoms with van der Waals surface area (Å²) in [5.41, 5.74) is 7.94. The second-order valence-corrected chi connectivity index (χ2v) is 2.92. The quantitative estimate of drug-likeness (QED) is 0.517. The van der Waals surface area contributed by atoms with E-state index in [-0.39, 0.29) is 6.04 Å². The van der Waals surface area contributed by atoms with E-state index in [0.717, 1.165) is 11.5 Å². The average molecular weight is 197 g/mol. The Morgan fingerprint density at radius 3 is 2.93 bits per heavy atom. The van der Waals surface area contributed by atoms with Crippen LogP contribution in [0.4, 0.5) is 0 Å². The van der Waals surface area contributed by atoms with Gasteiger partial charge in [0.25, 0.3) is 0 Å². The lowest BCUT2D eigenvalue weighted by atomic mass is 10.0. The summed E-state index contributed by atoms with van der Waals surface area (Å²) in [6, 6.07) is -0.176. The molecule has 78 valence electrons. The first-order valence-electron chi connectivity index (χ1n) is 4.36. The monoisotopic (exact) mass is 197 g/mol. The minimum absolute atomic E-state index is 0.176. The number of nitrogens with one attached hydrogen (secondary N) is 2. The minimum atomic E-state index is -0.176. The van der Waals surface area contributed by atoms with Crippen molar-refractivity contribution in [1.82, 2.24) is 5.32 Å². The van der Waals surface area contributed by atoms with Gasteiger partial charge in [0.05, 0.1) is 12.9 Å². The molecule has 5 heteroatoms. The zero-order chi connectivity index (χ0) is 10.4. The molecule has 0 saturated heterocycles. The number of hydrogen-bond donors (Lipinski definition) is 2. The highest BCUT2D eigenvalue weighted by Crippen LogP contribution is 2.20. The maximum Gasteiger partial charge on any atom is 0.117 e. The van der Waals surface area contributed by atoms with E-state index in [1.54, 1.807) is 14.2 Å². The maximum atomic E-state index is 7.05. The lowest BCUT2D eigenvalue weighted by molar-refractivity contribution is 0.181. The van der Waals surface area contributed by atoms with Crippen molar-refractivity contribution in [3.8, 4) is 0 Å². The van der Waals surface area contributed by atoms with Crippen LogP contribution in [-0.2, 0) is 9.47 Å². The van der Waals surface area contributed by atoms with E-state index in [0.29, 0.717) is 13.2 Å². The van der Waals surface area contributed by atoms with Gasteiger partial charge in [0.2, 0.25) is 0 Å². The molecule has 1 atom stereocenters. The third kappa shape index (κ3) is 2.56. The first kappa shape index (κ1) is 10.7. The van der Waals surface area contributed by atoms with Crippen LogP contribution in [0.1, 0.15) is 6.42 Å². The molecule has 0 aromatic rings. The third-order valence-corrected chi connectivity index (χ3v) is 2.04. The van der Waals surface area contributed by atoms with Gasteiger partial charge in [-0.3, -0.25) is 0 Å². The Morgan fingerprint density at radius 1 is 1.57 bits per heavy atom. The number of methoxy groups -OCH3 is 2. The summed E-state index contributed by atoms with van der Waals surface area (Å²) in [6.45, 7) is 0.425. The van der Waals surface area contributed by atoms with Crippen molar-refractivity contribution in [3.63, 3.8) is 0 Å². The molecule has 0 radical (unpaired) electrons. The van der Waals surface area contributed by atoms with Gasteiger partial charge in [-0.1, -0.05) is 0 Å². The summed E-state index contributed by atoms with van der Waals surface area (Å²) in [5, 5.41) is 6.56. The smallest absolute Gasteiger partial charge is 0.117 e. The summed E-state index contributed by atoms with van der Waals surface area (Å²) in [6.07, 6.45) is 4.37. The third-order valence-electron chi connectivity index (χ3n) is 2.04. The molecule has 0 aromatic carbocycles. The largest absolute Gasteiger partial charge is 0.501 e. The van der Waals surface area contributed by atoms with E-state index in [9.17, 15) is 0 Å². The molecule has 1 rings (SSSR count). The van der Waals surface area contributed by atoms with Crippen molar-refractivity contribution in [2.24, 2.45) is 5.11 Å². The summed E-state index contributed by atoms with van der Waals surface area (Å²) in [7, 11) is 3.23. The van der Waals surface area contributed by atoms with Gasteiger partial charge in [0.15, 0.2) is 0 Å². The van der Waals surface area contributed by atoms with Gasteiger partial charge in [-0.2, -0.15) is 5.11 Å². The minimum Gasteiger partial charge on any atom is -0.501 e. The van der Waals surface area contributed by atoms with Crippen molar-refractivity contribution in [3.05, 3.63) is 23.6 Å². The van der Waals surface area contributed by atoms with Crippen LogP contribution in [0.3, 0.4) is 0 Å². The maximum absolute atomic E-state index is 7.05. The second kappa shape index (κ2) is 5.39. The molecule has 1 aliphatic carbocycles. The zero-order valence-corrected chi connectivity index (χ0v) is 8.41. The van der Waals surface area contributed by atoms with Gasteiger partial charge in [0.1, 0.15) is 12.8 Å². The average Bonchev–Trinajstić information content (AvgIpc) is 2.26. The fourth-order valence-corrected chi connectivity index (χ4v) is 1.26. The van der Waals surface area contributed by atoms with Gasteiger partial charge in [-0.25, -0.2) is 5.53 Å². The molecule has 0 fully saturated rings. The topological polar surface area (TPSA) is 66.7 Å². The highest BCUT2D eigenvalue weighted by atomic mass is 16.5. The van der Waals surface area contributed by atoms with Gasteiger partial charge in [-0.15, -0.1) is 0 Å². The Labute approximate surface area is 83.3 Å². The number of rotatable bonds is 5. The molecule has 0 heterocycles. The Hall–Kier alpha value is -1.36. The van der Waals surface area contributed by atoms with Crippen molar-refractivity contribution in [2.75, 3.05) is 21.0 Å². The lowest BCUT2D eigenvalue weighted by Crippen LogP contribution is -2.26. The molecule has 5 nitrogen and oxygen atoms in total. The van der Waals surface area contributed by atoms with Crippen LogP contribution in [0, 0.1) is 5.53 Å². The molecule has 0 aliphatic heterocycles. The molecule has 0 spiro atoms. The molecule has 0 aromatic heterocycles. The predicted octanol–water partition coefficient (Wildman–Crippen LogP) is 1.40. The number of nitrogens with zero attached hydrogens (tertiary/aromatic N) is 1. The SMILES string of the molecule is COCNC1=CC=C(OC)CC1N=N. The van der Waals surface area contributed by atoms with E-state index >= 15 is 0 Å². The molecule has 0 amide bonds. The van der Waals surface area contributed by atoms with Crippen molar-refractivity contribution in [1.29, 1.82) is 5.53 Å². The van der Waals surface area contributed by atoms with Crippen LogP contribution in [0.5, 0.6) is 0 Å². The molecular formula is C9H15N3O2. The van der Waals surface area contributed by atoms with Crippen LogP contribution in [0.2, 0.25) is 0 Å². The van der Waals surface area contributed by atoms with Crippen molar-refractivity contribution in [2.45, 2.75) is 12.5 Å². The number of ether oxygens (including phenoxy) is 2. The Morgan fingerprint density at radius 2 is 2.36 bits per heavy atom. The Balaban J connectivity index is 2.64. The van der Waals surface area contributed by atoms with E-state index in [2.05, 4.69) is 10.4 Å². The Kier molecular flexibility index (Phi) is 4.12. The molecule has 1 aliphatic rings. The molecule has 14 heavy (non-hydrogen) atoms. The normalized spacial score (nSPS) is 20.9. The summed E-state index contributed by atoms with van der Waals surface area (Å²) < 4.78 is 9.97. The first-order valence-corrected chi connectivity index (χ1v) is 4.36. The van der Waals surface area contributed by atoms with E-state index in [4.69, 9.17) is 15.0 Å². The fraction of sp³-hybridized carbons (Fsp3) is 0.556. The molecule has 2 N–H and O–H groups in total. The highest BCUT2D eigenvalue weighted by Gasteiger charge is 2.18. The zero-order valence-electron chi connectivity index (χ0n) is 8.41. The second-order valence-electron chi connectivity index (χ2n) is 2.92. The Bertz CT molecular complexity index is 261. The van der Waals surface area contributed by atoms with Gasteiger partial charge in [0, 0.05) is 19.2 Å². The predicted molar refractivity (Wildman–Crippen MR) is 51.7 cm³/mol. The van der Waals surface area contributed by atoms with Gasteiger partial charge < -0.3 is 14.8 Å². The van der Waals surface area contributed by atoms with Crippen LogP contribution >= 0.6 is 0 Å². The number of hydrogen-bond acceptors (Lipinski definition) is 5.